The molecule has 0 spiro atoms. The second-order valence-corrected chi connectivity index (χ2v) is 11.5. The van der Waals surface area contributed by atoms with Crippen LogP contribution >= 0.6 is 11.3 Å². The van der Waals surface area contributed by atoms with Crippen LogP contribution in [0.25, 0.3) is 22.8 Å². The fourth-order valence-corrected chi connectivity index (χ4v) is 6.61. The SMILES string of the molecule is O=C(CC1CCCc2nc(N3CCOCC3)sc2CC1)Cn1nc(-c2ccc(F)cc2)nc1-c1ccc(F)cc1. The molecule has 1 unspecified atom stereocenters. The number of hydrogen-bond donors (Lipinski definition) is 0. The number of fused-ring (bicyclic) bond motifs is 1. The van der Waals surface area contributed by atoms with E-state index in [-0.39, 0.29) is 24.0 Å². The number of aromatic nitrogens is 4. The Balaban J connectivity index is 1.15. The molecule has 0 amide bonds. The second-order valence-electron chi connectivity index (χ2n) is 10.4. The number of thiazole rings is 1. The molecule has 10 heteroatoms. The number of hydrogen-bond acceptors (Lipinski definition) is 7. The molecule has 0 N–H and O–H groups in total. The molecular formula is C30H31F2N5O2S. The first kappa shape index (κ1) is 26.7. The first-order chi connectivity index (χ1) is 19.5. The fourth-order valence-electron chi connectivity index (χ4n) is 5.43. The van der Waals surface area contributed by atoms with E-state index in [4.69, 9.17) is 9.72 Å². The van der Waals surface area contributed by atoms with Gasteiger partial charge in [-0.25, -0.2) is 23.4 Å². The predicted molar refractivity (Wildman–Crippen MR) is 150 cm³/mol. The van der Waals surface area contributed by atoms with Crippen molar-refractivity contribution in [3.63, 3.8) is 0 Å². The molecule has 6 rings (SSSR count). The molecule has 1 aliphatic carbocycles. The zero-order valence-corrected chi connectivity index (χ0v) is 23.0. The molecule has 1 fully saturated rings. The van der Waals surface area contributed by atoms with Crippen molar-refractivity contribution in [2.75, 3.05) is 31.2 Å². The van der Waals surface area contributed by atoms with Crippen molar-refractivity contribution >= 4 is 22.3 Å². The second kappa shape index (κ2) is 11.9. The molecule has 2 aromatic carbocycles. The van der Waals surface area contributed by atoms with Gasteiger partial charge < -0.3 is 9.64 Å². The number of morpholine rings is 1. The summed E-state index contributed by atoms with van der Waals surface area (Å²) in [6, 6.07) is 11.9. The Morgan fingerprint density at radius 2 is 1.62 bits per heavy atom. The van der Waals surface area contributed by atoms with Crippen LogP contribution in [0.1, 0.15) is 36.3 Å². The van der Waals surface area contributed by atoms with Crippen molar-refractivity contribution < 1.29 is 18.3 Å². The molecule has 0 radical (unpaired) electrons. The van der Waals surface area contributed by atoms with E-state index in [1.807, 2.05) is 0 Å². The number of ether oxygens (including phenoxy) is 1. The highest BCUT2D eigenvalue weighted by molar-refractivity contribution is 7.15. The number of nitrogens with zero attached hydrogens (tertiary/aromatic N) is 5. The summed E-state index contributed by atoms with van der Waals surface area (Å²) in [6.45, 7) is 3.33. The van der Waals surface area contributed by atoms with Crippen LogP contribution in [0.5, 0.6) is 0 Å². The average molecular weight is 564 g/mol. The quantitative estimate of drug-likeness (QED) is 0.286. The highest BCUT2D eigenvalue weighted by Gasteiger charge is 2.24. The summed E-state index contributed by atoms with van der Waals surface area (Å²) in [5.41, 5.74) is 2.53. The van der Waals surface area contributed by atoms with E-state index in [0.717, 1.165) is 63.5 Å². The predicted octanol–water partition coefficient (Wildman–Crippen LogP) is 5.73. The summed E-state index contributed by atoms with van der Waals surface area (Å²) in [7, 11) is 0. The van der Waals surface area contributed by atoms with Crippen LogP contribution in [0.2, 0.25) is 0 Å². The molecule has 40 heavy (non-hydrogen) atoms. The van der Waals surface area contributed by atoms with Crippen LogP contribution in [0, 0.1) is 17.6 Å². The summed E-state index contributed by atoms with van der Waals surface area (Å²) >= 11 is 1.79. The lowest BCUT2D eigenvalue weighted by molar-refractivity contribution is -0.120. The normalized spacial score (nSPS) is 17.8. The van der Waals surface area contributed by atoms with E-state index in [1.165, 1.54) is 34.8 Å². The third-order valence-corrected chi connectivity index (χ3v) is 8.79. The molecule has 1 aliphatic heterocycles. The lowest BCUT2D eigenvalue weighted by Gasteiger charge is -2.26. The van der Waals surface area contributed by atoms with Gasteiger partial charge in [-0.1, -0.05) is 0 Å². The molecule has 0 saturated carbocycles. The van der Waals surface area contributed by atoms with Crippen molar-refractivity contribution in [3.8, 4) is 22.8 Å². The molecule has 1 saturated heterocycles. The summed E-state index contributed by atoms with van der Waals surface area (Å²) in [6.07, 6.45) is 5.30. The van der Waals surface area contributed by atoms with E-state index < -0.39 is 0 Å². The minimum Gasteiger partial charge on any atom is -0.378 e. The Morgan fingerprint density at radius 3 is 2.35 bits per heavy atom. The number of rotatable bonds is 7. The van der Waals surface area contributed by atoms with Crippen molar-refractivity contribution in [1.29, 1.82) is 0 Å². The topological polar surface area (TPSA) is 73.1 Å². The smallest absolute Gasteiger partial charge is 0.185 e. The Morgan fingerprint density at radius 1 is 0.925 bits per heavy atom. The highest BCUT2D eigenvalue weighted by Crippen LogP contribution is 2.33. The standard InChI is InChI=1S/C30H31F2N5O2S/c31-23-9-5-21(6-10-23)28-34-29(22-7-11-24(32)12-8-22)37(35-28)19-25(38)18-20-2-1-3-26-27(13-4-20)40-30(33-26)36-14-16-39-17-15-36/h5-12,20H,1-4,13-19H2. The average Bonchev–Trinajstić information content (AvgIpc) is 3.55. The lowest BCUT2D eigenvalue weighted by Crippen LogP contribution is -2.36. The molecule has 0 bridgehead atoms. The summed E-state index contributed by atoms with van der Waals surface area (Å²) in [4.78, 5) is 26.6. The summed E-state index contributed by atoms with van der Waals surface area (Å²) in [5.74, 6) is 0.559. The molecule has 2 aliphatic rings. The van der Waals surface area contributed by atoms with E-state index in [9.17, 15) is 13.6 Å². The summed E-state index contributed by atoms with van der Waals surface area (Å²) < 4.78 is 34.1. The van der Waals surface area contributed by atoms with Crippen LogP contribution in [0.4, 0.5) is 13.9 Å². The Hall–Kier alpha value is -3.50. The first-order valence-electron chi connectivity index (χ1n) is 13.8. The monoisotopic (exact) mass is 563 g/mol. The number of halogens is 2. The number of aryl methyl sites for hydroxylation is 2. The minimum atomic E-state index is -0.352. The van der Waals surface area contributed by atoms with Crippen LogP contribution in [-0.2, 0) is 28.9 Å². The molecular weight excluding hydrogens is 532 g/mol. The number of Topliss-reactive ketones (excluding diaryl/α,β-unsaturated/α-hetero) is 1. The van der Waals surface area contributed by atoms with Crippen LogP contribution < -0.4 is 4.90 Å². The van der Waals surface area contributed by atoms with E-state index >= 15 is 0 Å². The van der Waals surface area contributed by atoms with Gasteiger partial charge >= 0.3 is 0 Å². The zero-order valence-electron chi connectivity index (χ0n) is 22.2. The van der Waals surface area contributed by atoms with Crippen molar-refractivity contribution in [1.82, 2.24) is 19.7 Å². The van der Waals surface area contributed by atoms with Gasteiger partial charge in [-0.15, -0.1) is 16.4 Å². The zero-order chi connectivity index (χ0) is 27.5. The molecule has 4 aromatic rings. The Labute approximate surface area is 235 Å². The third-order valence-electron chi connectivity index (χ3n) is 7.57. The van der Waals surface area contributed by atoms with Gasteiger partial charge in [0.05, 0.1) is 18.9 Å². The number of anilines is 1. The molecule has 208 valence electrons. The number of carbonyl (C=O) groups is 1. The van der Waals surface area contributed by atoms with Gasteiger partial charge in [-0.2, -0.15) is 0 Å². The highest BCUT2D eigenvalue weighted by atomic mass is 32.1. The molecule has 7 nitrogen and oxygen atoms in total. The van der Waals surface area contributed by atoms with Gasteiger partial charge in [0, 0.05) is 35.5 Å². The first-order valence-corrected chi connectivity index (χ1v) is 14.6. The number of ketones is 1. The fraction of sp³-hybridized carbons (Fsp3) is 0.400. The van der Waals surface area contributed by atoms with Crippen LogP contribution in [-0.4, -0.2) is 51.8 Å². The van der Waals surface area contributed by atoms with E-state index in [1.54, 1.807) is 40.3 Å². The lowest BCUT2D eigenvalue weighted by atomic mass is 9.88. The maximum absolute atomic E-state index is 13.6. The van der Waals surface area contributed by atoms with Crippen molar-refractivity contribution in [3.05, 3.63) is 70.7 Å². The Kier molecular flexibility index (Phi) is 7.97. The van der Waals surface area contributed by atoms with Gasteiger partial charge in [-0.05, 0) is 86.6 Å². The van der Waals surface area contributed by atoms with Gasteiger partial charge in [0.25, 0.3) is 0 Å². The number of benzene rings is 2. The minimum absolute atomic E-state index is 0.0738. The van der Waals surface area contributed by atoms with Crippen molar-refractivity contribution in [2.24, 2.45) is 5.92 Å². The third kappa shape index (κ3) is 6.13. The van der Waals surface area contributed by atoms with Crippen LogP contribution in [0.15, 0.2) is 48.5 Å². The van der Waals surface area contributed by atoms with Gasteiger partial charge in [0.15, 0.2) is 22.6 Å². The Bertz CT molecular complexity index is 1460. The number of carbonyl (C=O) groups excluding carboxylic acids is 1. The molecule has 1 atom stereocenters. The van der Waals surface area contributed by atoms with Crippen molar-refractivity contribution in [2.45, 2.75) is 45.1 Å². The maximum atomic E-state index is 13.6. The largest absolute Gasteiger partial charge is 0.378 e. The van der Waals surface area contributed by atoms with Gasteiger partial charge in [0.2, 0.25) is 0 Å². The maximum Gasteiger partial charge on any atom is 0.185 e. The van der Waals surface area contributed by atoms with Crippen LogP contribution in [0.3, 0.4) is 0 Å². The van der Waals surface area contributed by atoms with Gasteiger partial charge in [0.1, 0.15) is 18.2 Å². The molecule has 3 heterocycles. The molecule has 2 aromatic heterocycles. The van der Waals surface area contributed by atoms with Gasteiger partial charge in [-0.3, -0.25) is 4.79 Å². The van der Waals surface area contributed by atoms with E-state index in [2.05, 4.69) is 15.0 Å². The summed E-state index contributed by atoms with van der Waals surface area (Å²) in [5, 5.41) is 5.70. The van der Waals surface area contributed by atoms with E-state index in [0.29, 0.717) is 35.1 Å².